The molecule has 10 saturated heterocycles. The molecule has 4 unspecified atom stereocenters. The molecule has 0 amide bonds. The molecule has 0 aromatic heterocycles. The van der Waals surface area contributed by atoms with Gasteiger partial charge in [0.05, 0.1) is 0 Å². The number of rotatable bonds is 1. The van der Waals surface area contributed by atoms with Crippen molar-refractivity contribution in [1.82, 2.24) is 6.15 Å². The van der Waals surface area contributed by atoms with E-state index in [0.29, 0.717) is 9.63 Å². The van der Waals surface area contributed by atoms with Crippen molar-refractivity contribution in [3.05, 3.63) is 0 Å². The Morgan fingerprint density at radius 2 is 1.25 bits per heavy atom. The van der Waals surface area contributed by atoms with E-state index in [4.69, 9.17) is 0 Å². The molecule has 6 heteroatoms. The molecule has 0 bridgehead atoms. The fraction of sp³-hybridized carbons (Fsp3) is 1.00. The average molecular weight is 283 g/mol. The first-order valence-corrected chi connectivity index (χ1v) is 13.7. The largest absolute Gasteiger partial charge is 0.369 e. The molecule has 10 aliphatic heterocycles. The van der Waals surface area contributed by atoms with Gasteiger partial charge in [0.25, 0.3) is 0 Å². The Balaban J connectivity index is 0.000000576. The SMILES string of the molecule is O=S(=O)([O-])[C]12[CH]3[CH]4[CH]5[CH]1[Fe]45321678[CH]2[CH]1[CH]6[CH]7[CH]28.[NH4+]. The van der Waals surface area contributed by atoms with E-state index >= 15 is 0 Å². The summed E-state index contributed by atoms with van der Waals surface area (Å²) in [5.74, 6) is 0. The van der Waals surface area contributed by atoms with Crippen molar-refractivity contribution in [2.24, 2.45) is 0 Å². The van der Waals surface area contributed by atoms with Crippen molar-refractivity contribution < 1.29 is 19.5 Å². The summed E-state index contributed by atoms with van der Waals surface area (Å²) >= 11 is 0. The van der Waals surface area contributed by atoms with Crippen LogP contribution in [-0.2, 0) is 16.6 Å². The number of hydrogen-bond donors (Lipinski definition) is 1. The Kier molecular flexibility index (Phi) is 0.182. The van der Waals surface area contributed by atoms with E-state index in [-0.39, 0.29) is 6.15 Å². The van der Waals surface area contributed by atoms with Crippen LogP contribution in [0, 0.1) is 0 Å². The van der Waals surface area contributed by atoms with Gasteiger partial charge in [-0.05, 0) is 0 Å². The zero-order valence-corrected chi connectivity index (χ0v) is 10.6. The van der Waals surface area contributed by atoms with Crippen LogP contribution in [0.25, 0.3) is 0 Å². The molecule has 0 aliphatic carbocycles. The Hall–Kier alpha value is 0.389. The van der Waals surface area contributed by atoms with Crippen LogP contribution in [0.1, 0.15) is 0 Å². The number of hydrogen-bond acceptors (Lipinski definition) is 3. The fourth-order valence-electron chi connectivity index (χ4n) is 16.7. The second-order valence-electron chi connectivity index (χ2n) is 10.1. The van der Waals surface area contributed by atoms with Gasteiger partial charge in [0.15, 0.2) is 0 Å². The van der Waals surface area contributed by atoms with E-state index in [2.05, 4.69) is 0 Å². The van der Waals surface area contributed by atoms with E-state index in [9.17, 15) is 13.0 Å². The second-order valence-corrected chi connectivity index (χ2v) is 35.5. The van der Waals surface area contributed by atoms with Gasteiger partial charge in [-0.15, -0.1) is 0 Å². The van der Waals surface area contributed by atoms with Gasteiger partial charge in [-0.3, -0.25) is 0 Å². The molecule has 10 fully saturated rings. The van der Waals surface area contributed by atoms with Gasteiger partial charge in [0.1, 0.15) is 0 Å². The molecule has 4 N–H and O–H groups in total. The maximum Gasteiger partial charge on any atom is -0.369 e. The molecule has 10 aliphatic rings. The van der Waals surface area contributed by atoms with Crippen molar-refractivity contribution >= 4 is 10.1 Å². The first kappa shape index (κ1) is 6.53. The monoisotopic (exact) mass is 283 g/mol. The second kappa shape index (κ2) is 0.447. The summed E-state index contributed by atoms with van der Waals surface area (Å²) < 4.78 is 35.2. The van der Waals surface area contributed by atoms with Gasteiger partial charge in [-0.2, -0.15) is 0 Å². The van der Waals surface area contributed by atoms with Crippen molar-refractivity contribution in [2.75, 3.05) is 0 Å². The Morgan fingerprint density at radius 3 is 1.31 bits per heavy atom. The fourth-order valence-corrected chi connectivity index (χ4v) is 102. The van der Waals surface area contributed by atoms with Crippen molar-refractivity contribution in [3.63, 3.8) is 0 Å². The number of quaternary nitrogens is 1. The zero-order chi connectivity index (χ0) is 9.51. The summed E-state index contributed by atoms with van der Waals surface area (Å²) in [6.45, 7) is -3.59. The smallest absolute Gasteiger partial charge is 0.369 e. The summed E-state index contributed by atoms with van der Waals surface area (Å²) in [7, 11) is -3.94. The molecular weight excluding hydrogens is 270 g/mol. The molecule has 1 spiro atoms. The third-order valence-corrected chi connectivity index (χ3v) is 62.3. The molecule has 90 valence electrons. The molecule has 0 aromatic rings. The van der Waals surface area contributed by atoms with Crippen molar-refractivity contribution in [2.45, 2.75) is 47.0 Å². The van der Waals surface area contributed by atoms with Gasteiger partial charge < -0.3 is 6.15 Å². The van der Waals surface area contributed by atoms with Crippen LogP contribution in [0.5, 0.6) is 0 Å². The van der Waals surface area contributed by atoms with E-state index in [0.717, 1.165) is 33.7 Å². The van der Waals surface area contributed by atoms with Crippen LogP contribution in [-0.4, -0.2) is 16.6 Å². The summed E-state index contributed by atoms with van der Waals surface area (Å²) in [5.41, 5.74) is 0. The van der Waals surface area contributed by atoms with Gasteiger partial charge in [-0.25, -0.2) is 0 Å². The quantitative estimate of drug-likeness (QED) is 0.590. The molecular formula is C10H13FeNO3S. The minimum atomic E-state index is -3.94. The molecule has 4 nitrogen and oxygen atoms in total. The average Bonchev–Trinajstić information content (AvgIpc) is 3.12. The Bertz CT molecular complexity index is 980. The standard InChI is InChI=1S/C5H5O3S.C5H5.Fe.H3N/c6-9(7,8)5-3-1-2-4-5;1-2-4-5-3-1;;/h1-4H,(H,6,7,8);1-5H;;1H3. The van der Waals surface area contributed by atoms with Gasteiger partial charge in [0.2, 0.25) is 0 Å². The molecule has 0 aromatic carbocycles. The summed E-state index contributed by atoms with van der Waals surface area (Å²) in [6, 6.07) is 0. The Labute approximate surface area is 82.8 Å². The zero-order valence-electron chi connectivity index (χ0n) is 8.68. The Morgan fingerprint density at radius 1 is 0.875 bits per heavy atom. The summed E-state index contributed by atoms with van der Waals surface area (Å²) in [4.78, 5) is 7.82. The third kappa shape index (κ3) is 0.0522. The van der Waals surface area contributed by atoms with E-state index in [1.165, 1.54) is 0 Å². The summed E-state index contributed by atoms with van der Waals surface area (Å²) in [6.07, 6.45) is 0. The molecule has 16 heavy (non-hydrogen) atoms. The maximum atomic E-state index is 11.9. The van der Waals surface area contributed by atoms with Gasteiger partial charge in [0, 0.05) is 0 Å². The topological polar surface area (TPSA) is 93.7 Å². The predicted octanol–water partition coefficient (Wildman–Crippen LogP) is 2.20. The molecule has 0 saturated carbocycles. The van der Waals surface area contributed by atoms with Gasteiger partial charge in [-0.1, -0.05) is 0 Å². The van der Waals surface area contributed by atoms with Crippen LogP contribution < -0.4 is 6.15 Å². The maximum absolute atomic E-state index is 11.9. The van der Waals surface area contributed by atoms with E-state index < -0.39 is 20.3 Å². The summed E-state index contributed by atoms with van der Waals surface area (Å²) in [5, 5.41) is 0. The minimum Gasteiger partial charge on any atom is -0.369 e. The van der Waals surface area contributed by atoms with Crippen LogP contribution in [0.3, 0.4) is 0 Å². The van der Waals surface area contributed by atoms with Crippen LogP contribution in [0.2, 0.25) is 43.3 Å². The van der Waals surface area contributed by atoms with Crippen LogP contribution >= 0.6 is 0 Å². The molecule has 10 rings (SSSR count). The molecule has 0 radical (unpaired) electrons. The minimum absolute atomic E-state index is 0. The van der Waals surface area contributed by atoms with E-state index in [1.54, 1.807) is 0 Å². The molecule has 4 atom stereocenters. The van der Waals surface area contributed by atoms with Gasteiger partial charge >= 0.3 is 76.6 Å². The van der Waals surface area contributed by atoms with E-state index in [1.807, 2.05) is 0 Å². The number of fused-ring (bicyclic) bond motifs is 10. The van der Waals surface area contributed by atoms with Crippen molar-refractivity contribution in [3.8, 4) is 0 Å². The van der Waals surface area contributed by atoms with Crippen LogP contribution in [0.4, 0.5) is 0 Å². The third-order valence-electron chi connectivity index (χ3n) is 14.9. The first-order chi connectivity index (χ1) is 6.80. The first-order valence-electron chi connectivity index (χ1n) is 5.96. The predicted molar refractivity (Wildman–Crippen MR) is 52.2 cm³/mol. The van der Waals surface area contributed by atoms with Crippen molar-refractivity contribution in [1.29, 1.82) is 0 Å². The van der Waals surface area contributed by atoms with Crippen LogP contribution in [0.15, 0.2) is 0 Å². The normalized spacial score (nSPS) is 126. The molecule has 10 heterocycles.